The number of amides is 3. The summed E-state index contributed by atoms with van der Waals surface area (Å²) < 4.78 is 0.648. The van der Waals surface area contributed by atoms with E-state index in [-0.39, 0.29) is 5.82 Å². The number of carboxylic acid groups (broad SMARTS) is 1. The molecule has 13 nitrogen and oxygen atoms in total. The zero-order valence-corrected chi connectivity index (χ0v) is 22.7. The molecule has 4 aromatic rings. The molecule has 14 heteroatoms. The molecule has 1 aliphatic rings. The third-order valence-electron chi connectivity index (χ3n) is 6.95. The maximum Gasteiger partial charge on any atom is 0.321 e. The molecule has 3 aromatic heterocycles. The predicted octanol–water partition coefficient (Wildman–Crippen LogP) is 3.39. The standard InChI is InChI=1S/C26H27N9O4S/c1-3-35(23(27)39)25-33-18-12-15(11-17(19(18)40-25)32-21(36)20-28-7-4-8-29-20)16-13-30-24(31-14-16)34-9-5-26(2,6-10-34)22(37)38/h4,7-8,11-14H,3,5-6,9-10H2,1-2H3,(H2,27,39)(H,32,36)(H,37,38). The van der Waals surface area contributed by atoms with Crippen molar-refractivity contribution in [1.82, 2.24) is 24.9 Å². The van der Waals surface area contributed by atoms with E-state index in [1.165, 1.54) is 28.6 Å². The molecule has 1 aromatic carbocycles. The van der Waals surface area contributed by atoms with Crippen LogP contribution >= 0.6 is 11.3 Å². The van der Waals surface area contributed by atoms with Crippen molar-refractivity contribution in [1.29, 1.82) is 0 Å². The Kier molecular flexibility index (Phi) is 7.26. The highest BCUT2D eigenvalue weighted by atomic mass is 32.1. The van der Waals surface area contributed by atoms with Crippen LogP contribution in [-0.4, -0.2) is 67.6 Å². The van der Waals surface area contributed by atoms with Crippen LogP contribution < -0.4 is 20.9 Å². The second-order valence-electron chi connectivity index (χ2n) is 9.60. The zero-order chi connectivity index (χ0) is 28.4. The third kappa shape index (κ3) is 5.25. The highest BCUT2D eigenvalue weighted by molar-refractivity contribution is 7.23. The Morgan fingerprint density at radius 3 is 2.38 bits per heavy atom. The zero-order valence-electron chi connectivity index (χ0n) is 21.9. The first-order valence-electron chi connectivity index (χ1n) is 12.6. The van der Waals surface area contributed by atoms with Crippen molar-refractivity contribution in [2.75, 3.05) is 34.8 Å². The van der Waals surface area contributed by atoms with Crippen molar-refractivity contribution in [2.24, 2.45) is 11.1 Å². The smallest absolute Gasteiger partial charge is 0.321 e. The number of carboxylic acids is 1. The molecule has 0 bridgehead atoms. The molecule has 3 amide bonds. The van der Waals surface area contributed by atoms with Crippen LogP contribution in [0.15, 0.2) is 43.0 Å². The van der Waals surface area contributed by atoms with Gasteiger partial charge in [0.2, 0.25) is 11.8 Å². The summed E-state index contributed by atoms with van der Waals surface area (Å²) in [5.74, 6) is -0.765. The Labute approximate surface area is 233 Å². The Hall–Kier alpha value is -4.72. The average molecular weight is 562 g/mol. The van der Waals surface area contributed by atoms with Crippen LogP contribution in [0.3, 0.4) is 0 Å². The fourth-order valence-corrected chi connectivity index (χ4v) is 5.51. The van der Waals surface area contributed by atoms with Gasteiger partial charge >= 0.3 is 12.0 Å². The number of aromatic nitrogens is 5. The first kappa shape index (κ1) is 26.9. The predicted molar refractivity (Wildman–Crippen MR) is 150 cm³/mol. The number of thiazole rings is 1. The second-order valence-corrected chi connectivity index (χ2v) is 10.6. The molecule has 5 rings (SSSR count). The molecule has 0 unspecified atom stereocenters. The minimum atomic E-state index is -0.788. The number of nitrogens with zero attached hydrogens (tertiary/aromatic N) is 7. The van der Waals surface area contributed by atoms with Gasteiger partial charge in [-0.2, -0.15) is 0 Å². The third-order valence-corrected chi connectivity index (χ3v) is 8.07. The van der Waals surface area contributed by atoms with Crippen LogP contribution in [0, 0.1) is 5.41 Å². The Balaban J connectivity index is 1.48. The molecule has 1 aliphatic heterocycles. The van der Waals surface area contributed by atoms with Crippen LogP contribution in [0.1, 0.15) is 37.3 Å². The number of urea groups is 1. The highest BCUT2D eigenvalue weighted by Crippen LogP contribution is 2.38. The fraction of sp³-hybridized carbons (Fsp3) is 0.308. The number of rotatable bonds is 7. The first-order chi connectivity index (χ1) is 19.2. The number of piperidine rings is 1. The van der Waals surface area contributed by atoms with Crippen molar-refractivity contribution < 1.29 is 19.5 Å². The van der Waals surface area contributed by atoms with E-state index in [2.05, 4.69) is 30.2 Å². The maximum absolute atomic E-state index is 12.9. The van der Waals surface area contributed by atoms with Crippen LogP contribution in [-0.2, 0) is 4.79 Å². The molecule has 0 spiro atoms. The van der Waals surface area contributed by atoms with Crippen LogP contribution in [0.2, 0.25) is 0 Å². The van der Waals surface area contributed by atoms with Crippen LogP contribution in [0.4, 0.5) is 21.6 Å². The molecule has 4 N–H and O–H groups in total. The van der Waals surface area contributed by atoms with E-state index < -0.39 is 23.3 Å². The quantitative estimate of drug-likeness (QED) is 0.303. The number of nitrogens with two attached hydrogens (primary N) is 1. The summed E-state index contributed by atoms with van der Waals surface area (Å²) in [7, 11) is 0. The van der Waals surface area contributed by atoms with Gasteiger partial charge in [-0.1, -0.05) is 11.3 Å². The molecule has 0 aliphatic carbocycles. The SMILES string of the molecule is CCN(C(N)=O)c1nc2cc(-c3cnc(N4CCC(C)(C(=O)O)CC4)nc3)cc(NC(=O)c3ncccn3)c2s1. The lowest BCUT2D eigenvalue weighted by atomic mass is 9.80. The Bertz CT molecular complexity index is 1570. The van der Waals surface area contributed by atoms with E-state index in [1.54, 1.807) is 38.4 Å². The molecule has 1 fully saturated rings. The number of primary amides is 1. The lowest BCUT2D eigenvalue weighted by Crippen LogP contribution is -2.43. The number of anilines is 3. The molecular weight excluding hydrogens is 534 g/mol. The van der Waals surface area contributed by atoms with Crippen molar-refractivity contribution in [3.05, 3.63) is 48.8 Å². The van der Waals surface area contributed by atoms with Crippen molar-refractivity contribution in [3.63, 3.8) is 0 Å². The number of fused-ring (bicyclic) bond motifs is 1. The van der Waals surface area contributed by atoms with Gasteiger partial charge in [0.05, 0.1) is 21.3 Å². The summed E-state index contributed by atoms with van der Waals surface area (Å²) in [5.41, 5.74) is 7.18. The maximum atomic E-state index is 12.9. The van der Waals surface area contributed by atoms with E-state index in [9.17, 15) is 19.5 Å². The topological polar surface area (TPSA) is 180 Å². The molecule has 206 valence electrons. The number of carbonyl (C=O) groups excluding carboxylic acids is 2. The summed E-state index contributed by atoms with van der Waals surface area (Å²) in [6.07, 6.45) is 7.32. The minimum Gasteiger partial charge on any atom is -0.481 e. The lowest BCUT2D eigenvalue weighted by molar-refractivity contribution is -0.149. The summed E-state index contributed by atoms with van der Waals surface area (Å²) in [6.45, 7) is 4.97. The highest BCUT2D eigenvalue weighted by Gasteiger charge is 2.37. The van der Waals surface area contributed by atoms with Crippen molar-refractivity contribution in [3.8, 4) is 11.1 Å². The molecule has 4 heterocycles. The van der Waals surface area contributed by atoms with Gasteiger partial charge in [-0.15, -0.1) is 0 Å². The molecule has 0 radical (unpaired) electrons. The second kappa shape index (κ2) is 10.8. The van der Waals surface area contributed by atoms with Crippen molar-refractivity contribution in [2.45, 2.75) is 26.7 Å². The molecular formula is C26H27N9O4S. The fourth-order valence-electron chi connectivity index (χ4n) is 4.42. The Morgan fingerprint density at radius 1 is 1.10 bits per heavy atom. The molecule has 0 saturated carbocycles. The lowest BCUT2D eigenvalue weighted by Gasteiger charge is -2.36. The number of hydrogen-bond acceptors (Lipinski definition) is 10. The monoisotopic (exact) mass is 561 g/mol. The van der Waals surface area contributed by atoms with Crippen LogP contribution in [0.5, 0.6) is 0 Å². The first-order valence-corrected chi connectivity index (χ1v) is 13.4. The van der Waals surface area contributed by atoms with E-state index >= 15 is 0 Å². The van der Waals surface area contributed by atoms with Crippen molar-refractivity contribution >= 4 is 56.2 Å². The number of aliphatic carboxylic acids is 1. The van der Waals surface area contributed by atoms with Gasteiger partial charge in [-0.25, -0.2) is 29.7 Å². The number of nitrogens with one attached hydrogen (secondary N) is 1. The van der Waals surface area contributed by atoms with Gasteiger partial charge in [0, 0.05) is 50.0 Å². The van der Waals surface area contributed by atoms with E-state index in [1.807, 2.05) is 11.0 Å². The largest absolute Gasteiger partial charge is 0.481 e. The van der Waals surface area contributed by atoms with Gasteiger partial charge in [-0.05, 0) is 50.5 Å². The number of carbonyl (C=O) groups is 3. The van der Waals surface area contributed by atoms with E-state index in [4.69, 9.17) is 5.73 Å². The summed E-state index contributed by atoms with van der Waals surface area (Å²) >= 11 is 1.23. The normalized spacial score (nSPS) is 14.6. The van der Waals surface area contributed by atoms with Gasteiger partial charge in [-0.3, -0.25) is 14.5 Å². The summed E-state index contributed by atoms with van der Waals surface area (Å²) in [4.78, 5) is 61.5. The van der Waals surface area contributed by atoms with E-state index in [0.717, 1.165) is 0 Å². The van der Waals surface area contributed by atoms with Gasteiger partial charge in [0.1, 0.15) is 0 Å². The van der Waals surface area contributed by atoms with Gasteiger partial charge in [0.25, 0.3) is 5.91 Å². The van der Waals surface area contributed by atoms with Crippen LogP contribution in [0.25, 0.3) is 21.3 Å². The summed E-state index contributed by atoms with van der Waals surface area (Å²) in [6, 6.07) is 4.60. The van der Waals surface area contributed by atoms with Gasteiger partial charge < -0.3 is 21.1 Å². The molecule has 0 atom stereocenters. The molecule has 40 heavy (non-hydrogen) atoms. The average Bonchev–Trinajstić information content (AvgIpc) is 3.38. The van der Waals surface area contributed by atoms with E-state index in [0.29, 0.717) is 70.6 Å². The minimum absolute atomic E-state index is 0.00586. The Morgan fingerprint density at radius 2 is 1.77 bits per heavy atom. The number of benzene rings is 1. The van der Waals surface area contributed by atoms with Gasteiger partial charge in [0.15, 0.2) is 5.13 Å². The summed E-state index contributed by atoms with van der Waals surface area (Å²) in [5, 5.41) is 12.8. The number of hydrogen-bond donors (Lipinski definition) is 3. The molecule has 1 saturated heterocycles.